The van der Waals surface area contributed by atoms with E-state index >= 15 is 0 Å². The Bertz CT molecular complexity index is 630. The van der Waals surface area contributed by atoms with E-state index < -0.39 is 11.6 Å². The number of hydrogen-bond acceptors (Lipinski definition) is 2. The predicted molar refractivity (Wildman–Crippen MR) is 79.0 cm³/mol. The van der Waals surface area contributed by atoms with Crippen molar-refractivity contribution in [1.29, 1.82) is 0 Å². The third-order valence-electron chi connectivity index (χ3n) is 3.21. The summed E-state index contributed by atoms with van der Waals surface area (Å²) in [5.41, 5.74) is 3.49. The zero-order chi connectivity index (χ0) is 15.4. The summed E-state index contributed by atoms with van der Waals surface area (Å²) in [6.45, 7) is 0. The molecule has 2 rings (SSSR count). The lowest BCUT2D eigenvalue weighted by Gasteiger charge is -2.17. The molecular weight excluding hydrogens is 345 g/mol. The average molecular weight is 359 g/mol. The van der Waals surface area contributed by atoms with Gasteiger partial charge in [-0.3, -0.25) is 11.3 Å². The minimum absolute atomic E-state index is 0.197. The lowest BCUT2D eigenvalue weighted by atomic mass is 9.99. The molecule has 0 aliphatic rings. The second-order valence-electron chi connectivity index (χ2n) is 4.72. The first-order valence-corrected chi connectivity index (χ1v) is 7.13. The van der Waals surface area contributed by atoms with Crippen LogP contribution < -0.4 is 11.3 Å². The molecule has 1 atom stereocenters. The Kier molecular flexibility index (Phi) is 5.39. The molecule has 2 aromatic carbocycles. The quantitative estimate of drug-likeness (QED) is 0.634. The molecule has 0 saturated carbocycles. The van der Waals surface area contributed by atoms with E-state index in [1.807, 2.05) is 0 Å². The van der Waals surface area contributed by atoms with Crippen LogP contribution in [0.2, 0.25) is 0 Å². The molecule has 0 aliphatic heterocycles. The van der Waals surface area contributed by atoms with Crippen LogP contribution in [-0.4, -0.2) is 6.04 Å². The van der Waals surface area contributed by atoms with E-state index in [4.69, 9.17) is 5.84 Å². The van der Waals surface area contributed by atoms with Crippen LogP contribution in [0.1, 0.15) is 11.1 Å². The first-order valence-electron chi connectivity index (χ1n) is 6.34. The van der Waals surface area contributed by atoms with E-state index in [0.29, 0.717) is 12.0 Å². The zero-order valence-electron chi connectivity index (χ0n) is 11.0. The third-order valence-corrected chi connectivity index (χ3v) is 3.98. The van der Waals surface area contributed by atoms with Gasteiger partial charge >= 0.3 is 0 Å². The molecule has 1 unspecified atom stereocenters. The van der Waals surface area contributed by atoms with E-state index in [1.165, 1.54) is 24.3 Å². The SMILES string of the molecule is NNC(Cc1cc(F)ccc1Br)Cc1cccc(F)c1F. The number of nitrogens with two attached hydrogens (primary N) is 1. The van der Waals surface area contributed by atoms with Crippen molar-refractivity contribution >= 4 is 15.9 Å². The Morgan fingerprint density at radius 1 is 1.05 bits per heavy atom. The fourth-order valence-corrected chi connectivity index (χ4v) is 2.54. The monoisotopic (exact) mass is 358 g/mol. The number of hydrazine groups is 1. The van der Waals surface area contributed by atoms with Gasteiger partial charge in [-0.05, 0) is 48.2 Å². The van der Waals surface area contributed by atoms with Crippen molar-refractivity contribution in [3.8, 4) is 0 Å². The van der Waals surface area contributed by atoms with Crippen LogP contribution in [0.15, 0.2) is 40.9 Å². The second-order valence-corrected chi connectivity index (χ2v) is 5.57. The van der Waals surface area contributed by atoms with Crippen molar-refractivity contribution in [3.05, 3.63) is 69.4 Å². The summed E-state index contributed by atoms with van der Waals surface area (Å²) in [6.07, 6.45) is 0.577. The van der Waals surface area contributed by atoms with E-state index in [0.717, 1.165) is 10.5 Å². The number of hydrogen-bond donors (Lipinski definition) is 2. The predicted octanol–water partition coefficient (Wildman–Crippen LogP) is 3.48. The van der Waals surface area contributed by atoms with Crippen LogP contribution in [-0.2, 0) is 12.8 Å². The number of halogens is 4. The molecule has 0 aliphatic carbocycles. The Morgan fingerprint density at radius 3 is 2.48 bits per heavy atom. The molecule has 112 valence electrons. The van der Waals surface area contributed by atoms with Crippen LogP contribution in [0, 0.1) is 17.5 Å². The number of nitrogens with one attached hydrogen (secondary N) is 1. The Balaban J connectivity index is 2.17. The third kappa shape index (κ3) is 4.06. The molecule has 0 spiro atoms. The summed E-state index contributed by atoms with van der Waals surface area (Å²) < 4.78 is 40.9. The summed E-state index contributed by atoms with van der Waals surface area (Å²) in [5.74, 6) is 3.34. The van der Waals surface area contributed by atoms with Crippen LogP contribution in [0.25, 0.3) is 0 Å². The molecule has 2 nitrogen and oxygen atoms in total. The minimum Gasteiger partial charge on any atom is -0.271 e. The maximum Gasteiger partial charge on any atom is 0.162 e. The molecule has 0 saturated heterocycles. The minimum atomic E-state index is -0.893. The molecule has 0 aromatic heterocycles. The summed E-state index contributed by atoms with van der Waals surface area (Å²) in [5, 5.41) is 0. The first-order chi connectivity index (χ1) is 10.0. The summed E-state index contributed by atoms with van der Waals surface area (Å²) in [7, 11) is 0. The van der Waals surface area contributed by atoms with Crippen molar-refractivity contribution in [2.24, 2.45) is 5.84 Å². The van der Waals surface area contributed by atoms with Gasteiger partial charge in [-0.1, -0.05) is 28.1 Å². The lowest BCUT2D eigenvalue weighted by Crippen LogP contribution is -2.38. The maximum absolute atomic E-state index is 13.7. The van der Waals surface area contributed by atoms with Gasteiger partial charge in [0.2, 0.25) is 0 Å². The van der Waals surface area contributed by atoms with Gasteiger partial charge in [-0.25, -0.2) is 13.2 Å². The molecule has 0 amide bonds. The highest BCUT2D eigenvalue weighted by atomic mass is 79.9. The van der Waals surface area contributed by atoms with Gasteiger partial charge in [0, 0.05) is 10.5 Å². The molecule has 0 radical (unpaired) electrons. The van der Waals surface area contributed by atoms with Crippen molar-refractivity contribution in [2.75, 3.05) is 0 Å². The maximum atomic E-state index is 13.7. The van der Waals surface area contributed by atoms with E-state index in [9.17, 15) is 13.2 Å². The van der Waals surface area contributed by atoms with Gasteiger partial charge in [0.05, 0.1) is 0 Å². The highest BCUT2D eigenvalue weighted by Crippen LogP contribution is 2.21. The molecular formula is C15H14BrF3N2. The van der Waals surface area contributed by atoms with Gasteiger partial charge in [0.15, 0.2) is 11.6 Å². The molecule has 0 bridgehead atoms. The van der Waals surface area contributed by atoms with Gasteiger partial charge < -0.3 is 0 Å². The standard InChI is InChI=1S/C15H14BrF3N2/c16-13-5-4-11(17)6-10(13)8-12(21-20)7-9-2-1-3-14(18)15(9)19/h1-6,12,21H,7-8,20H2. The summed E-state index contributed by atoms with van der Waals surface area (Å²) in [6, 6.07) is 7.98. The zero-order valence-corrected chi connectivity index (χ0v) is 12.6. The molecule has 0 heterocycles. The Labute approximate surface area is 129 Å². The fraction of sp³-hybridized carbons (Fsp3) is 0.200. The van der Waals surface area contributed by atoms with Crippen molar-refractivity contribution in [2.45, 2.75) is 18.9 Å². The lowest BCUT2D eigenvalue weighted by molar-refractivity contribution is 0.473. The highest BCUT2D eigenvalue weighted by molar-refractivity contribution is 9.10. The first kappa shape index (κ1) is 16.0. The Hall–Kier alpha value is -1.37. The summed E-state index contributed by atoms with van der Waals surface area (Å²) in [4.78, 5) is 0. The van der Waals surface area contributed by atoms with Gasteiger partial charge in [-0.2, -0.15) is 0 Å². The largest absolute Gasteiger partial charge is 0.271 e. The normalized spacial score (nSPS) is 12.4. The van der Waals surface area contributed by atoms with Crippen molar-refractivity contribution in [1.82, 2.24) is 5.43 Å². The molecule has 6 heteroatoms. The van der Waals surface area contributed by atoms with E-state index in [-0.39, 0.29) is 23.8 Å². The van der Waals surface area contributed by atoms with Crippen molar-refractivity contribution in [3.63, 3.8) is 0 Å². The van der Waals surface area contributed by atoms with Gasteiger partial charge in [-0.15, -0.1) is 0 Å². The fourth-order valence-electron chi connectivity index (χ4n) is 2.13. The average Bonchev–Trinajstić information content (AvgIpc) is 2.46. The number of rotatable bonds is 5. The molecule has 3 N–H and O–H groups in total. The van der Waals surface area contributed by atoms with Crippen LogP contribution in [0.5, 0.6) is 0 Å². The second kappa shape index (κ2) is 7.06. The number of benzene rings is 2. The van der Waals surface area contributed by atoms with Gasteiger partial charge in [0.1, 0.15) is 5.82 Å². The van der Waals surface area contributed by atoms with Crippen LogP contribution in [0.4, 0.5) is 13.2 Å². The van der Waals surface area contributed by atoms with Gasteiger partial charge in [0.25, 0.3) is 0 Å². The summed E-state index contributed by atoms with van der Waals surface area (Å²) >= 11 is 3.33. The van der Waals surface area contributed by atoms with Crippen LogP contribution >= 0.6 is 15.9 Å². The molecule has 0 fully saturated rings. The smallest absolute Gasteiger partial charge is 0.162 e. The highest BCUT2D eigenvalue weighted by Gasteiger charge is 2.15. The molecule has 21 heavy (non-hydrogen) atoms. The van der Waals surface area contributed by atoms with E-state index in [1.54, 1.807) is 6.07 Å². The van der Waals surface area contributed by atoms with Crippen molar-refractivity contribution < 1.29 is 13.2 Å². The van der Waals surface area contributed by atoms with Crippen LogP contribution in [0.3, 0.4) is 0 Å². The van der Waals surface area contributed by atoms with E-state index in [2.05, 4.69) is 21.4 Å². The molecule has 2 aromatic rings. The Morgan fingerprint density at radius 2 is 1.76 bits per heavy atom. The topological polar surface area (TPSA) is 38.0 Å².